The van der Waals surface area contributed by atoms with Gasteiger partial charge in [0.05, 0.1) is 0 Å². The summed E-state index contributed by atoms with van der Waals surface area (Å²) in [6.07, 6.45) is 4.87. The van der Waals surface area contributed by atoms with E-state index >= 15 is 0 Å². The molecule has 1 nitrogen and oxygen atoms in total. The van der Waals surface area contributed by atoms with Gasteiger partial charge in [-0.25, -0.2) is 0 Å². The molecule has 1 atom stereocenters. The molecule has 1 heterocycles. The highest BCUT2D eigenvalue weighted by molar-refractivity contribution is 7.09. The zero-order valence-electron chi connectivity index (χ0n) is 12.6. The van der Waals surface area contributed by atoms with Gasteiger partial charge in [0, 0.05) is 10.9 Å². The highest BCUT2D eigenvalue weighted by Crippen LogP contribution is 2.15. The molecular weight excluding hydrogens is 262 g/mol. The summed E-state index contributed by atoms with van der Waals surface area (Å²) in [6, 6.07) is 13.9. The molecule has 2 aromatic rings. The minimum atomic E-state index is 0.599. The minimum absolute atomic E-state index is 0.599. The van der Waals surface area contributed by atoms with Gasteiger partial charge in [0.25, 0.3) is 0 Å². The number of hydrogen-bond donors (Lipinski definition) is 1. The SMILES string of the molecule is CCNC(CCCc1cccs1)Cc1cccc(C)c1. The van der Waals surface area contributed by atoms with Crippen molar-refractivity contribution in [2.24, 2.45) is 0 Å². The normalized spacial score (nSPS) is 12.5. The van der Waals surface area contributed by atoms with E-state index in [1.165, 1.54) is 35.3 Å². The summed E-state index contributed by atoms with van der Waals surface area (Å²) in [6.45, 7) is 5.42. The van der Waals surface area contributed by atoms with E-state index in [9.17, 15) is 0 Å². The van der Waals surface area contributed by atoms with Gasteiger partial charge in [-0.3, -0.25) is 0 Å². The van der Waals surface area contributed by atoms with E-state index in [-0.39, 0.29) is 0 Å². The Morgan fingerprint density at radius 3 is 2.80 bits per heavy atom. The maximum absolute atomic E-state index is 3.63. The van der Waals surface area contributed by atoms with Crippen LogP contribution in [0.25, 0.3) is 0 Å². The van der Waals surface area contributed by atoms with Gasteiger partial charge in [0.1, 0.15) is 0 Å². The van der Waals surface area contributed by atoms with Crippen molar-refractivity contribution < 1.29 is 0 Å². The van der Waals surface area contributed by atoms with Gasteiger partial charge in [-0.1, -0.05) is 42.8 Å². The predicted molar refractivity (Wildman–Crippen MR) is 89.6 cm³/mol. The predicted octanol–water partition coefficient (Wildman–Crippen LogP) is 4.60. The zero-order valence-corrected chi connectivity index (χ0v) is 13.4. The van der Waals surface area contributed by atoms with Crippen molar-refractivity contribution in [1.29, 1.82) is 0 Å². The van der Waals surface area contributed by atoms with E-state index < -0.39 is 0 Å². The molecule has 0 fully saturated rings. The van der Waals surface area contributed by atoms with Gasteiger partial charge < -0.3 is 5.32 Å². The van der Waals surface area contributed by atoms with Crippen LogP contribution in [0.4, 0.5) is 0 Å². The lowest BCUT2D eigenvalue weighted by Crippen LogP contribution is -2.31. The molecule has 1 unspecified atom stereocenters. The summed E-state index contributed by atoms with van der Waals surface area (Å²) in [7, 11) is 0. The van der Waals surface area contributed by atoms with Crippen LogP contribution in [-0.2, 0) is 12.8 Å². The van der Waals surface area contributed by atoms with Crippen LogP contribution in [0, 0.1) is 6.92 Å². The Kier molecular flexibility index (Phi) is 6.28. The topological polar surface area (TPSA) is 12.0 Å². The Labute approximate surface area is 127 Å². The van der Waals surface area contributed by atoms with Crippen molar-refractivity contribution in [1.82, 2.24) is 5.32 Å². The molecule has 20 heavy (non-hydrogen) atoms. The first-order chi connectivity index (χ1) is 9.78. The van der Waals surface area contributed by atoms with Gasteiger partial charge in [0.15, 0.2) is 0 Å². The molecule has 2 rings (SSSR count). The third kappa shape index (κ3) is 5.10. The standard InChI is InChI=1S/C18H25NS/c1-3-19-17(9-5-10-18-11-6-12-20-18)14-16-8-4-7-15(2)13-16/h4,6-8,11-13,17,19H,3,5,9-10,14H2,1-2H3. The minimum Gasteiger partial charge on any atom is -0.314 e. The molecule has 0 radical (unpaired) electrons. The van der Waals surface area contributed by atoms with Crippen molar-refractivity contribution in [2.45, 2.75) is 45.6 Å². The third-order valence-corrected chi connectivity index (χ3v) is 4.55. The Morgan fingerprint density at radius 1 is 1.20 bits per heavy atom. The van der Waals surface area contributed by atoms with Crippen LogP contribution in [0.15, 0.2) is 41.8 Å². The number of rotatable bonds is 8. The van der Waals surface area contributed by atoms with E-state index in [4.69, 9.17) is 0 Å². The molecule has 0 saturated carbocycles. The summed E-state index contributed by atoms with van der Waals surface area (Å²) in [4.78, 5) is 1.51. The molecule has 108 valence electrons. The van der Waals surface area contributed by atoms with Crippen LogP contribution in [0.1, 0.15) is 35.8 Å². The monoisotopic (exact) mass is 287 g/mol. The molecule has 0 amide bonds. The maximum Gasteiger partial charge on any atom is 0.0107 e. The van der Waals surface area contributed by atoms with Crippen molar-refractivity contribution in [2.75, 3.05) is 6.54 Å². The first-order valence-corrected chi connectivity index (χ1v) is 8.47. The van der Waals surface area contributed by atoms with Crippen molar-refractivity contribution in [3.05, 3.63) is 57.8 Å². The lowest BCUT2D eigenvalue weighted by molar-refractivity contribution is 0.477. The van der Waals surface area contributed by atoms with Crippen LogP contribution in [0.3, 0.4) is 0 Å². The van der Waals surface area contributed by atoms with Gasteiger partial charge in [-0.15, -0.1) is 11.3 Å². The molecular formula is C18H25NS. The van der Waals surface area contributed by atoms with Crippen LogP contribution in [0.5, 0.6) is 0 Å². The lowest BCUT2D eigenvalue weighted by atomic mass is 9.99. The summed E-state index contributed by atoms with van der Waals surface area (Å²) in [5.74, 6) is 0. The lowest BCUT2D eigenvalue weighted by Gasteiger charge is -2.18. The summed E-state index contributed by atoms with van der Waals surface area (Å²) in [5, 5.41) is 5.80. The average molecular weight is 287 g/mol. The van der Waals surface area contributed by atoms with Crippen LogP contribution >= 0.6 is 11.3 Å². The van der Waals surface area contributed by atoms with Crippen LogP contribution in [0.2, 0.25) is 0 Å². The second-order valence-electron chi connectivity index (χ2n) is 5.42. The van der Waals surface area contributed by atoms with Gasteiger partial charge >= 0.3 is 0 Å². The number of aryl methyl sites for hydroxylation is 2. The number of hydrogen-bond acceptors (Lipinski definition) is 2. The van der Waals surface area contributed by atoms with Gasteiger partial charge in [-0.2, -0.15) is 0 Å². The molecule has 1 N–H and O–H groups in total. The Hall–Kier alpha value is -1.12. The molecule has 1 aromatic carbocycles. The second-order valence-corrected chi connectivity index (χ2v) is 6.45. The Morgan fingerprint density at radius 2 is 2.10 bits per heavy atom. The average Bonchev–Trinajstić information content (AvgIpc) is 2.92. The highest BCUT2D eigenvalue weighted by Gasteiger charge is 2.08. The smallest absolute Gasteiger partial charge is 0.0107 e. The van der Waals surface area contributed by atoms with Crippen molar-refractivity contribution in [3.8, 4) is 0 Å². The fourth-order valence-electron chi connectivity index (χ4n) is 2.67. The van der Waals surface area contributed by atoms with E-state index in [1.807, 2.05) is 11.3 Å². The van der Waals surface area contributed by atoms with E-state index in [2.05, 4.69) is 60.9 Å². The van der Waals surface area contributed by atoms with E-state index in [0.717, 1.165) is 13.0 Å². The number of benzene rings is 1. The molecule has 0 spiro atoms. The first-order valence-electron chi connectivity index (χ1n) is 7.59. The molecule has 0 aliphatic carbocycles. The number of likely N-dealkylation sites (N-methyl/N-ethyl adjacent to an activating group) is 1. The molecule has 2 heteroatoms. The van der Waals surface area contributed by atoms with Crippen LogP contribution < -0.4 is 5.32 Å². The molecule has 1 aromatic heterocycles. The van der Waals surface area contributed by atoms with E-state index in [0.29, 0.717) is 6.04 Å². The molecule has 0 bridgehead atoms. The van der Waals surface area contributed by atoms with Crippen molar-refractivity contribution >= 4 is 11.3 Å². The van der Waals surface area contributed by atoms with Gasteiger partial charge in [-0.05, 0) is 56.2 Å². The fraction of sp³-hybridized carbons (Fsp3) is 0.444. The largest absolute Gasteiger partial charge is 0.314 e. The molecule has 0 aliphatic rings. The molecule has 0 saturated heterocycles. The number of nitrogens with one attached hydrogen (secondary N) is 1. The maximum atomic E-state index is 3.63. The summed E-state index contributed by atoms with van der Waals surface area (Å²) >= 11 is 1.87. The fourth-order valence-corrected chi connectivity index (χ4v) is 3.42. The molecule has 0 aliphatic heterocycles. The van der Waals surface area contributed by atoms with Crippen LogP contribution in [-0.4, -0.2) is 12.6 Å². The third-order valence-electron chi connectivity index (χ3n) is 3.61. The Balaban J connectivity index is 1.83. The number of thiophene rings is 1. The quantitative estimate of drug-likeness (QED) is 0.748. The first kappa shape index (κ1) is 15.3. The Bertz CT molecular complexity index is 490. The summed E-state index contributed by atoms with van der Waals surface area (Å²) in [5.41, 5.74) is 2.81. The van der Waals surface area contributed by atoms with Gasteiger partial charge in [0.2, 0.25) is 0 Å². The van der Waals surface area contributed by atoms with Crippen molar-refractivity contribution in [3.63, 3.8) is 0 Å². The second kappa shape index (κ2) is 8.23. The van der Waals surface area contributed by atoms with E-state index in [1.54, 1.807) is 0 Å². The summed E-state index contributed by atoms with van der Waals surface area (Å²) < 4.78 is 0. The zero-order chi connectivity index (χ0) is 14.2. The highest BCUT2D eigenvalue weighted by atomic mass is 32.1.